The van der Waals surface area contributed by atoms with Crippen LogP contribution in [0.25, 0.3) is 0 Å². The molecule has 1 aromatic rings. The van der Waals surface area contributed by atoms with Gasteiger partial charge in [0.25, 0.3) is 0 Å². The molecule has 0 aliphatic rings. The molecule has 0 bridgehead atoms. The van der Waals surface area contributed by atoms with Gasteiger partial charge in [-0.15, -0.1) is 0 Å². The van der Waals surface area contributed by atoms with E-state index in [4.69, 9.17) is 11.8 Å². The average Bonchev–Trinajstić information content (AvgIpc) is 1.91. The first-order valence-corrected chi connectivity index (χ1v) is 2.81. The van der Waals surface area contributed by atoms with E-state index >= 15 is 0 Å². The summed E-state index contributed by atoms with van der Waals surface area (Å²) in [5, 5.41) is 0. The predicted molar refractivity (Wildman–Crippen MR) is 37.7 cm³/mol. The van der Waals surface area contributed by atoms with Crippen LogP contribution < -0.4 is 0 Å². The van der Waals surface area contributed by atoms with E-state index in [9.17, 15) is 0 Å². The summed E-state index contributed by atoms with van der Waals surface area (Å²) in [4.78, 5) is 3.85. The van der Waals surface area contributed by atoms with Crippen molar-refractivity contribution in [1.29, 1.82) is 0 Å². The van der Waals surface area contributed by atoms with E-state index in [1.54, 1.807) is 12.4 Å². The van der Waals surface area contributed by atoms with Gasteiger partial charge in [-0.05, 0) is 6.07 Å². The van der Waals surface area contributed by atoms with Gasteiger partial charge in [0, 0.05) is 29.7 Å². The Kier molecular flexibility index (Phi) is 2.22. The van der Waals surface area contributed by atoms with E-state index in [-0.39, 0.29) is 0 Å². The van der Waals surface area contributed by atoms with Crippen molar-refractivity contribution in [2.45, 2.75) is 0 Å². The lowest BCUT2D eigenvalue weighted by Crippen LogP contribution is -1.78. The maximum atomic E-state index is 5.08. The van der Waals surface area contributed by atoms with Crippen molar-refractivity contribution in [3.63, 3.8) is 0 Å². The summed E-state index contributed by atoms with van der Waals surface area (Å²) in [6.45, 7) is 0. The second-order valence-electron chi connectivity index (χ2n) is 1.51. The molecule has 0 fully saturated rings. The molecule has 1 rings (SSSR count). The molecule has 0 aliphatic carbocycles. The van der Waals surface area contributed by atoms with E-state index in [1.165, 1.54) is 6.21 Å². The van der Waals surface area contributed by atoms with Crippen LogP contribution >= 0.6 is 11.8 Å². The first kappa shape index (κ1) is 6.23. The zero-order valence-corrected chi connectivity index (χ0v) is 5.42. The highest BCUT2D eigenvalue weighted by Gasteiger charge is 1.80. The Balaban J connectivity index is 2.85. The fraction of sp³-hybridized carbons (Fsp3) is 0. The Morgan fingerprint density at radius 2 is 2.56 bits per heavy atom. The van der Waals surface area contributed by atoms with Gasteiger partial charge in [-0.1, -0.05) is 6.07 Å². The van der Waals surface area contributed by atoms with Gasteiger partial charge in [0.2, 0.25) is 0 Å². The van der Waals surface area contributed by atoms with Crippen molar-refractivity contribution in [2.24, 2.45) is 4.51 Å². The Labute approximate surface area is 58.3 Å². The van der Waals surface area contributed by atoms with Gasteiger partial charge in [0.15, 0.2) is 0 Å². The molecule has 9 heavy (non-hydrogen) atoms. The number of aromatic nitrogens is 1. The molecule has 3 heteroatoms. The van der Waals surface area contributed by atoms with Crippen molar-refractivity contribution in [2.75, 3.05) is 0 Å². The fourth-order valence-electron chi connectivity index (χ4n) is 0.509. The molecule has 1 aromatic heterocycles. The van der Waals surface area contributed by atoms with Crippen LogP contribution in [0.3, 0.4) is 0 Å². The molecular formula is C6H5ClN2. The first-order chi connectivity index (χ1) is 4.43. The summed E-state index contributed by atoms with van der Waals surface area (Å²) in [7, 11) is 0. The lowest BCUT2D eigenvalue weighted by atomic mass is 10.3. The second kappa shape index (κ2) is 3.20. The number of hydrogen-bond acceptors (Lipinski definition) is 2. The molecule has 1 heterocycles. The standard InChI is InChI=1S/C6H5ClN2/c7-9-5-6-2-1-3-8-4-6/h1-5H. The predicted octanol–water partition coefficient (Wildman–Crippen LogP) is 1.65. The first-order valence-electron chi connectivity index (χ1n) is 2.48. The van der Waals surface area contributed by atoms with Crippen LogP contribution in [-0.4, -0.2) is 11.2 Å². The molecule has 2 nitrogen and oxygen atoms in total. The maximum Gasteiger partial charge on any atom is 0.0503 e. The number of rotatable bonds is 1. The lowest BCUT2D eigenvalue weighted by molar-refractivity contribution is 1.32. The van der Waals surface area contributed by atoms with Crippen LogP contribution in [0.2, 0.25) is 0 Å². The van der Waals surface area contributed by atoms with Crippen LogP contribution in [0.1, 0.15) is 5.56 Å². The van der Waals surface area contributed by atoms with Crippen molar-refractivity contribution in [3.8, 4) is 0 Å². The SMILES string of the molecule is ClN=Cc1cccnc1. The third kappa shape index (κ3) is 1.82. The van der Waals surface area contributed by atoms with Gasteiger partial charge in [-0.2, -0.15) is 4.51 Å². The molecule has 0 aliphatic heterocycles. The molecule has 0 atom stereocenters. The Bertz CT molecular complexity index is 195. The molecule has 0 unspecified atom stereocenters. The Morgan fingerprint density at radius 1 is 1.67 bits per heavy atom. The van der Waals surface area contributed by atoms with Crippen LogP contribution in [0.5, 0.6) is 0 Å². The molecule has 0 saturated carbocycles. The monoisotopic (exact) mass is 140 g/mol. The second-order valence-corrected chi connectivity index (χ2v) is 1.71. The molecule has 0 spiro atoms. The molecule has 46 valence electrons. The summed E-state index contributed by atoms with van der Waals surface area (Å²) in [5.41, 5.74) is 0.910. The smallest absolute Gasteiger partial charge is 0.0503 e. The zero-order chi connectivity index (χ0) is 6.53. The van der Waals surface area contributed by atoms with Gasteiger partial charge in [0.05, 0.1) is 6.21 Å². The molecular weight excluding hydrogens is 136 g/mol. The van der Waals surface area contributed by atoms with Crippen molar-refractivity contribution in [1.82, 2.24) is 4.98 Å². The summed E-state index contributed by atoms with van der Waals surface area (Å²) >= 11 is 5.08. The van der Waals surface area contributed by atoms with Crippen molar-refractivity contribution in [3.05, 3.63) is 30.1 Å². The van der Waals surface area contributed by atoms with Gasteiger partial charge in [0.1, 0.15) is 0 Å². The topological polar surface area (TPSA) is 25.2 Å². The summed E-state index contributed by atoms with van der Waals surface area (Å²) < 4.78 is 3.31. The minimum Gasteiger partial charge on any atom is -0.264 e. The third-order valence-electron chi connectivity index (χ3n) is 0.882. The van der Waals surface area contributed by atoms with Gasteiger partial charge in [-0.25, -0.2) is 0 Å². The fourth-order valence-corrected chi connectivity index (χ4v) is 0.621. The van der Waals surface area contributed by atoms with E-state index in [2.05, 4.69) is 9.50 Å². The summed E-state index contributed by atoms with van der Waals surface area (Å²) in [5.74, 6) is 0. The molecule has 0 N–H and O–H groups in total. The number of hydrogen-bond donors (Lipinski definition) is 0. The van der Waals surface area contributed by atoms with Crippen molar-refractivity contribution >= 4 is 18.0 Å². The van der Waals surface area contributed by atoms with E-state index in [0.717, 1.165) is 5.56 Å². The van der Waals surface area contributed by atoms with Crippen LogP contribution in [0.4, 0.5) is 0 Å². The highest BCUT2D eigenvalue weighted by Crippen LogP contribution is 1.90. The molecule has 0 amide bonds. The van der Waals surface area contributed by atoms with Crippen LogP contribution in [-0.2, 0) is 0 Å². The highest BCUT2D eigenvalue weighted by atomic mass is 35.5. The van der Waals surface area contributed by atoms with Gasteiger partial charge >= 0.3 is 0 Å². The average molecular weight is 141 g/mol. The van der Waals surface area contributed by atoms with E-state index < -0.39 is 0 Å². The normalized spacial score (nSPS) is 10.3. The quantitative estimate of drug-likeness (QED) is 0.545. The molecule has 0 saturated heterocycles. The largest absolute Gasteiger partial charge is 0.264 e. The van der Waals surface area contributed by atoms with Crippen molar-refractivity contribution < 1.29 is 0 Å². The Hall–Kier alpha value is -0.890. The van der Waals surface area contributed by atoms with Crippen LogP contribution in [0.15, 0.2) is 29.0 Å². The lowest BCUT2D eigenvalue weighted by Gasteiger charge is -1.84. The Morgan fingerprint density at radius 3 is 3.11 bits per heavy atom. The van der Waals surface area contributed by atoms with Crippen LogP contribution in [0, 0.1) is 0 Å². The third-order valence-corrected chi connectivity index (χ3v) is 0.980. The molecule has 0 aromatic carbocycles. The minimum atomic E-state index is 0.910. The van der Waals surface area contributed by atoms with Gasteiger partial charge in [-0.3, -0.25) is 4.98 Å². The number of pyridine rings is 1. The van der Waals surface area contributed by atoms with E-state index in [0.29, 0.717) is 0 Å². The maximum absolute atomic E-state index is 5.08. The number of nitrogens with zero attached hydrogens (tertiary/aromatic N) is 2. The van der Waals surface area contributed by atoms with Gasteiger partial charge < -0.3 is 0 Å². The summed E-state index contributed by atoms with van der Waals surface area (Å²) in [6.07, 6.45) is 4.92. The minimum absolute atomic E-state index is 0.910. The highest BCUT2D eigenvalue weighted by molar-refractivity contribution is 6.18. The number of halogens is 1. The summed E-state index contributed by atoms with van der Waals surface area (Å²) in [6, 6.07) is 3.70. The zero-order valence-electron chi connectivity index (χ0n) is 4.66. The van der Waals surface area contributed by atoms with E-state index in [1.807, 2.05) is 12.1 Å². The molecule has 0 radical (unpaired) electrons.